The lowest BCUT2D eigenvalue weighted by atomic mass is 9.91. The number of aromatic hydroxyl groups is 1. The Labute approximate surface area is 246 Å². The van der Waals surface area contributed by atoms with E-state index >= 15 is 0 Å². The molecule has 4 N–H and O–H groups in total. The molecule has 11 nitrogen and oxygen atoms in total. The summed E-state index contributed by atoms with van der Waals surface area (Å²) in [5, 5.41) is 10.9. The molecule has 0 bridgehead atoms. The average molecular weight is 604 g/mol. The molecule has 0 fully saturated rings. The number of rotatable bonds is 13. The van der Waals surface area contributed by atoms with E-state index in [2.05, 4.69) is 10.9 Å². The SMILES string of the molecule is CCOC(=O)C(C)NN(NC(C)C(=O)OCC)P(=O)(O)c1cc2c(C)c(Cc3ccc(O)c(C(C)C)c3)c(C)cc2o1. The van der Waals surface area contributed by atoms with Gasteiger partial charge in [0.05, 0.1) is 13.2 Å². The van der Waals surface area contributed by atoms with Crippen molar-refractivity contribution in [3.8, 4) is 5.75 Å². The number of carbonyl (C=O) groups excluding carboxylic acids is 2. The first kappa shape index (κ1) is 33.3. The van der Waals surface area contributed by atoms with Crippen molar-refractivity contribution in [1.82, 2.24) is 15.7 Å². The zero-order valence-corrected chi connectivity index (χ0v) is 26.4. The number of aryl methyl sites for hydroxylation is 2. The Morgan fingerprint density at radius 3 is 2.07 bits per heavy atom. The van der Waals surface area contributed by atoms with Gasteiger partial charge in [0.15, 0.2) is 0 Å². The molecular weight excluding hydrogens is 561 g/mol. The third-order valence-corrected chi connectivity index (χ3v) is 8.56. The van der Waals surface area contributed by atoms with Gasteiger partial charge in [-0.3, -0.25) is 14.2 Å². The molecule has 0 saturated heterocycles. The van der Waals surface area contributed by atoms with E-state index < -0.39 is 31.5 Å². The topological polar surface area (TPSA) is 151 Å². The molecule has 0 aliphatic heterocycles. The Hall–Kier alpha value is -3.21. The van der Waals surface area contributed by atoms with Gasteiger partial charge in [0.2, 0.25) is 5.50 Å². The summed E-state index contributed by atoms with van der Waals surface area (Å²) in [5.41, 5.74) is 10.2. The molecule has 12 heteroatoms. The van der Waals surface area contributed by atoms with Gasteiger partial charge in [0, 0.05) is 5.39 Å². The van der Waals surface area contributed by atoms with Gasteiger partial charge < -0.3 is 23.9 Å². The highest BCUT2D eigenvalue weighted by molar-refractivity contribution is 7.63. The number of esters is 2. The van der Waals surface area contributed by atoms with Crippen molar-refractivity contribution in [2.45, 2.75) is 79.8 Å². The average Bonchev–Trinajstić information content (AvgIpc) is 3.36. The van der Waals surface area contributed by atoms with Crippen LogP contribution in [-0.2, 0) is 30.0 Å². The Kier molecular flexibility index (Phi) is 11.0. The smallest absolute Gasteiger partial charge is 0.361 e. The second-order valence-electron chi connectivity index (χ2n) is 10.6. The van der Waals surface area contributed by atoms with Gasteiger partial charge in [0.25, 0.3) is 0 Å². The molecule has 42 heavy (non-hydrogen) atoms. The number of fused-ring (bicyclic) bond motifs is 1. The fourth-order valence-electron chi connectivity index (χ4n) is 4.63. The summed E-state index contributed by atoms with van der Waals surface area (Å²) >= 11 is 0. The Balaban J connectivity index is 2.02. The van der Waals surface area contributed by atoms with Crippen LogP contribution in [-0.4, -0.2) is 52.1 Å². The predicted octanol–water partition coefficient (Wildman–Crippen LogP) is 4.49. The molecular formula is C30H42N3O8P. The van der Waals surface area contributed by atoms with Crippen molar-refractivity contribution in [2.24, 2.45) is 0 Å². The van der Waals surface area contributed by atoms with Crippen molar-refractivity contribution in [2.75, 3.05) is 13.2 Å². The summed E-state index contributed by atoms with van der Waals surface area (Å²) in [5.74, 6) is -0.877. The number of nitrogens with zero attached hydrogens (tertiary/aromatic N) is 1. The van der Waals surface area contributed by atoms with Crippen LogP contribution in [0.2, 0.25) is 0 Å². The van der Waals surface area contributed by atoms with Crippen molar-refractivity contribution in [3.05, 3.63) is 58.1 Å². The number of ether oxygens (including phenoxy) is 2. The van der Waals surface area contributed by atoms with Gasteiger partial charge in [0.1, 0.15) is 23.4 Å². The van der Waals surface area contributed by atoms with Crippen molar-refractivity contribution in [3.63, 3.8) is 0 Å². The summed E-state index contributed by atoms with van der Waals surface area (Å²) in [6.07, 6.45) is 0.592. The van der Waals surface area contributed by atoms with E-state index in [9.17, 15) is 24.2 Å². The molecule has 0 saturated carbocycles. The number of hydrogen-bond acceptors (Lipinski definition) is 9. The van der Waals surface area contributed by atoms with Crippen LogP contribution in [0.4, 0.5) is 0 Å². The molecule has 1 heterocycles. The van der Waals surface area contributed by atoms with Crippen LogP contribution in [0.25, 0.3) is 11.0 Å². The largest absolute Gasteiger partial charge is 0.508 e. The van der Waals surface area contributed by atoms with Crippen LogP contribution in [0.3, 0.4) is 0 Å². The van der Waals surface area contributed by atoms with E-state index in [0.29, 0.717) is 17.4 Å². The maximum Gasteiger partial charge on any atom is 0.361 e. The van der Waals surface area contributed by atoms with Crippen molar-refractivity contribution in [1.29, 1.82) is 0 Å². The second-order valence-corrected chi connectivity index (χ2v) is 12.5. The molecule has 3 aromatic rings. The minimum Gasteiger partial charge on any atom is -0.508 e. The monoisotopic (exact) mass is 603 g/mol. The first-order valence-electron chi connectivity index (χ1n) is 14.0. The van der Waals surface area contributed by atoms with Gasteiger partial charge in [-0.05, 0) is 99.9 Å². The molecule has 0 amide bonds. The summed E-state index contributed by atoms with van der Waals surface area (Å²) < 4.78 is 29.9. The van der Waals surface area contributed by atoms with Gasteiger partial charge in [-0.25, -0.2) is 10.9 Å². The van der Waals surface area contributed by atoms with Crippen LogP contribution in [0, 0.1) is 13.8 Å². The highest BCUT2D eigenvalue weighted by Crippen LogP contribution is 2.44. The van der Waals surface area contributed by atoms with E-state index in [1.165, 1.54) is 19.9 Å². The first-order chi connectivity index (χ1) is 19.7. The minimum atomic E-state index is -4.59. The quantitative estimate of drug-likeness (QED) is 0.124. The Morgan fingerprint density at radius 1 is 0.976 bits per heavy atom. The van der Waals surface area contributed by atoms with E-state index in [0.717, 1.165) is 32.7 Å². The predicted molar refractivity (Wildman–Crippen MR) is 160 cm³/mol. The Bertz CT molecular complexity index is 1460. The van der Waals surface area contributed by atoms with Crippen LogP contribution in [0.1, 0.15) is 75.3 Å². The van der Waals surface area contributed by atoms with Crippen molar-refractivity contribution < 1.29 is 38.0 Å². The molecule has 230 valence electrons. The fourth-order valence-corrected chi connectivity index (χ4v) is 6.00. The van der Waals surface area contributed by atoms with Crippen LogP contribution in [0.5, 0.6) is 5.75 Å². The maximum absolute atomic E-state index is 14.0. The molecule has 1 aromatic heterocycles. The molecule has 0 spiro atoms. The van der Waals surface area contributed by atoms with Crippen molar-refractivity contribution >= 4 is 35.9 Å². The minimum absolute atomic E-state index is 0.127. The molecule has 3 atom stereocenters. The molecule has 0 aliphatic rings. The summed E-state index contributed by atoms with van der Waals surface area (Å²) in [6, 6.07) is 6.84. The summed E-state index contributed by atoms with van der Waals surface area (Å²) in [7, 11) is -4.59. The first-order valence-corrected chi connectivity index (χ1v) is 15.7. The van der Waals surface area contributed by atoms with E-state index in [1.54, 1.807) is 19.9 Å². The molecule has 2 aromatic carbocycles. The lowest BCUT2D eigenvalue weighted by molar-refractivity contribution is -0.147. The zero-order chi connectivity index (χ0) is 31.4. The van der Waals surface area contributed by atoms with Gasteiger partial charge in [-0.1, -0.05) is 30.9 Å². The number of hydrazine groups is 2. The third-order valence-electron chi connectivity index (χ3n) is 6.99. The normalized spacial score (nSPS) is 14.6. The van der Waals surface area contributed by atoms with Gasteiger partial charge >= 0.3 is 19.5 Å². The van der Waals surface area contributed by atoms with Crippen LogP contribution in [0.15, 0.2) is 34.7 Å². The lowest BCUT2D eigenvalue weighted by Gasteiger charge is -2.30. The molecule has 3 unspecified atom stereocenters. The lowest BCUT2D eigenvalue weighted by Crippen LogP contribution is -2.57. The van der Waals surface area contributed by atoms with E-state index in [4.69, 9.17) is 13.9 Å². The molecule has 0 radical (unpaired) electrons. The zero-order valence-electron chi connectivity index (χ0n) is 25.5. The van der Waals surface area contributed by atoms with E-state index in [1.807, 2.05) is 45.9 Å². The van der Waals surface area contributed by atoms with Crippen LogP contribution >= 0.6 is 7.52 Å². The molecule has 0 aliphatic carbocycles. The number of furan rings is 1. The summed E-state index contributed by atoms with van der Waals surface area (Å²) in [4.78, 5) is 36.7. The molecule has 3 rings (SSSR count). The van der Waals surface area contributed by atoms with Gasteiger partial charge in [-0.2, -0.15) is 0 Å². The fraction of sp³-hybridized carbons (Fsp3) is 0.467. The number of carbonyl (C=O) groups is 2. The Morgan fingerprint density at radius 2 is 1.55 bits per heavy atom. The van der Waals surface area contributed by atoms with Gasteiger partial charge in [-0.15, -0.1) is 0 Å². The number of phenols is 1. The number of hydrogen-bond donors (Lipinski definition) is 4. The summed E-state index contributed by atoms with van der Waals surface area (Å²) in [6.45, 7) is 14.4. The maximum atomic E-state index is 14.0. The number of phenolic OH excluding ortho intramolecular Hbond substituents is 1. The van der Waals surface area contributed by atoms with Crippen LogP contribution < -0.4 is 16.4 Å². The number of nitrogens with one attached hydrogen (secondary N) is 2. The highest BCUT2D eigenvalue weighted by Gasteiger charge is 2.39. The second kappa shape index (κ2) is 13.8. The standard InChI is InChI=1S/C30H42N3O8P/c1-9-39-29(35)20(7)31-33(32-21(8)30(36)40-10-2)42(37,38)28-16-25-19(6)24(18(5)13-27(25)41-28)15-22-11-12-26(34)23(14-22)17(3)4/h11-14,16-17,20-21,31-32,34H,9-10,15H2,1-8H3,(H,37,38). The highest BCUT2D eigenvalue weighted by atomic mass is 31.2. The number of benzene rings is 2. The van der Waals surface area contributed by atoms with E-state index in [-0.39, 0.29) is 30.4 Å². The third kappa shape index (κ3) is 7.40.